The lowest BCUT2D eigenvalue weighted by Gasteiger charge is -2.21. The van der Waals surface area contributed by atoms with Gasteiger partial charge in [-0.1, -0.05) is 16.8 Å². The Balaban J connectivity index is 2.42. The Morgan fingerprint density at radius 3 is 2.88 bits per heavy atom. The van der Waals surface area contributed by atoms with E-state index < -0.39 is 0 Å². The molecule has 45 valence electrons. The number of hydrogen-bond acceptors (Lipinski definition) is 4. The summed E-state index contributed by atoms with van der Waals surface area (Å²) >= 11 is 5.47. The Morgan fingerprint density at radius 2 is 2.50 bits per heavy atom. The van der Waals surface area contributed by atoms with E-state index in [9.17, 15) is 0 Å². The average molecular weight is 134 g/mol. The Bertz CT molecular complexity index is 103. The zero-order valence-electron chi connectivity index (χ0n) is 4.06. The normalized spacial score (nSPS) is 23.2. The number of nitrogens with one attached hydrogen (secondary N) is 2. The van der Waals surface area contributed by atoms with Crippen molar-refractivity contribution in [2.24, 2.45) is 5.84 Å². The van der Waals surface area contributed by atoms with E-state index >= 15 is 0 Å². The summed E-state index contributed by atoms with van der Waals surface area (Å²) in [4.78, 5) is 0. The summed E-state index contributed by atoms with van der Waals surface area (Å²) in [6, 6.07) is 0. The number of halogens is 1. The predicted octanol–water partition coefficient (Wildman–Crippen LogP) is -0.573. The van der Waals surface area contributed by atoms with Gasteiger partial charge in [0, 0.05) is 6.20 Å². The molecule has 0 aromatic heterocycles. The highest BCUT2D eigenvalue weighted by atomic mass is 35.5. The maximum atomic E-state index is 5.47. The Labute approximate surface area is 52.2 Å². The van der Waals surface area contributed by atoms with Crippen molar-refractivity contribution in [2.75, 3.05) is 0 Å². The highest BCUT2D eigenvalue weighted by Crippen LogP contribution is 2.03. The fourth-order valence-corrected chi connectivity index (χ4v) is 0.529. The Kier molecular flexibility index (Phi) is 1.69. The minimum absolute atomic E-state index is 0.492. The second-order valence-electron chi connectivity index (χ2n) is 1.29. The van der Waals surface area contributed by atoms with Crippen molar-refractivity contribution in [3.8, 4) is 0 Å². The van der Waals surface area contributed by atoms with E-state index in [0.29, 0.717) is 5.50 Å². The Hall–Kier alpha value is -0.290. The molecule has 4 nitrogen and oxygen atoms in total. The van der Waals surface area contributed by atoms with E-state index in [4.69, 9.17) is 17.4 Å². The van der Waals surface area contributed by atoms with Gasteiger partial charge in [-0.25, -0.2) is 5.84 Å². The number of hydrazine groups is 3. The van der Waals surface area contributed by atoms with Crippen LogP contribution in [0.15, 0.2) is 12.3 Å². The van der Waals surface area contributed by atoms with E-state index in [0.717, 1.165) is 5.23 Å². The zero-order chi connectivity index (χ0) is 5.98. The molecular formula is C3H6ClN4. The minimum Gasteiger partial charge on any atom is -0.299 e. The van der Waals surface area contributed by atoms with Gasteiger partial charge in [0.2, 0.25) is 0 Å². The molecule has 1 rings (SSSR count). The first-order chi connectivity index (χ1) is 3.79. The minimum atomic E-state index is 0.492. The molecule has 1 heterocycles. The molecular weight excluding hydrogens is 128 g/mol. The molecule has 4 N–H and O–H groups in total. The van der Waals surface area contributed by atoms with Crippen LogP contribution in [-0.2, 0) is 0 Å². The molecule has 0 aromatic rings. The number of rotatable bonds is 0. The lowest BCUT2D eigenvalue weighted by molar-refractivity contribution is 0.152. The van der Waals surface area contributed by atoms with Gasteiger partial charge in [0.05, 0.1) is 0 Å². The summed E-state index contributed by atoms with van der Waals surface area (Å²) in [6.45, 7) is 0. The fraction of sp³-hybridized carbons (Fsp3) is 0. The molecule has 8 heavy (non-hydrogen) atoms. The van der Waals surface area contributed by atoms with Crippen LogP contribution in [0.1, 0.15) is 0 Å². The van der Waals surface area contributed by atoms with Gasteiger partial charge in [0.15, 0.2) is 5.50 Å². The smallest absolute Gasteiger partial charge is 0.166 e. The summed E-state index contributed by atoms with van der Waals surface area (Å²) in [7, 11) is 0. The van der Waals surface area contributed by atoms with Crippen molar-refractivity contribution in [2.45, 2.75) is 0 Å². The molecule has 0 spiro atoms. The summed E-state index contributed by atoms with van der Waals surface area (Å²) in [5.74, 6) is 5.18. The predicted molar refractivity (Wildman–Crippen MR) is 30.5 cm³/mol. The van der Waals surface area contributed by atoms with Crippen LogP contribution in [0.3, 0.4) is 0 Å². The van der Waals surface area contributed by atoms with Crippen LogP contribution in [0.5, 0.6) is 0 Å². The standard InChI is InChI=1S/C3H6ClN4/c4-3-1-2-6-8(5)7-3/h1-2,6-7H,5H2. The third-order valence-electron chi connectivity index (χ3n) is 0.671. The monoisotopic (exact) mass is 133 g/mol. The van der Waals surface area contributed by atoms with E-state index in [1.54, 1.807) is 12.3 Å². The maximum absolute atomic E-state index is 5.47. The van der Waals surface area contributed by atoms with Crippen LogP contribution in [0.4, 0.5) is 0 Å². The van der Waals surface area contributed by atoms with Crippen molar-refractivity contribution < 1.29 is 0 Å². The molecule has 0 bridgehead atoms. The maximum Gasteiger partial charge on any atom is 0.166 e. The molecule has 0 saturated heterocycles. The molecule has 0 aliphatic carbocycles. The molecule has 1 aliphatic rings. The molecule has 0 aromatic carbocycles. The first kappa shape index (κ1) is 5.84. The first-order valence-electron chi connectivity index (χ1n) is 2.06. The van der Waals surface area contributed by atoms with Gasteiger partial charge in [-0.15, -0.1) is 0 Å². The molecule has 0 saturated carbocycles. The lowest BCUT2D eigenvalue weighted by atomic mass is 10.6. The van der Waals surface area contributed by atoms with Gasteiger partial charge in [-0.3, -0.25) is 5.43 Å². The second kappa shape index (κ2) is 2.32. The van der Waals surface area contributed by atoms with Gasteiger partial charge in [-0.2, -0.15) is 5.43 Å². The summed E-state index contributed by atoms with van der Waals surface area (Å²) in [6.07, 6.45) is 3.28. The number of hydrogen-bond donors (Lipinski definition) is 3. The SMILES string of the molecule is NN1NC=C[C](Cl)N1. The zero-order valence-corrected chi connectivity index (χ0v) is 4.81. The highest BCUT2D eigenvalue weighted by Gasteiger charge is 2.06. The molecule has 0 fully saturated rings. The van der Waals surface area contributed by atoms with Crippen LogP contribution in [0.2, 0.25) is 0 Å². The van der Waals surface area contributed by atoms with Gasteiger partial charge >= 0.3 is 0 Å². The van der Waals surface area contributed by atoms with Gasteiger partial charge in [-0.05, 0) is 6.08 Å². The average Bonchev–Trinajstić information content (AvgIpc) is 1.64. The van der Waals surface area contributed by atoms with E-state index in [1.807, 2.05) is 0 Å². The van der Waals surface area contributed by atoms with Crippen molar-refractivity contribution >= 4 is 11.6 Å². The lowest BCUT2D eigenvalue weighted by Crippen LogP contribution is -2.53. The summed E-state index contributed by atoms with van der Waals surface area (Å²) in [5, 5.41) is 1.16. The van der Waals surface area contributed by atoms with Crippen LogP contribution >= 0.6 is 11.6 Å². The van der Waals surface area contributed by atoms with Crippen molar-refractivity contribution in [1.29, 1.82) is 0 Å². The van der Waals surface area contributed by atoms with Crippen LogP contribution in [0, 0.1) is 5.50 Å². The van der Waals surface area contributed by atoms with Crippen LogP contribution in [-0.4, -0.2) is 5.23 Å². The third-order valence-corrected chi connectivity index (χ3v) is 0.881. The second-order valence-corrected chi connectivity index (χ2v) is 1.70. The number of nitrogens with zero attached hydrogens (tertiary/aromatic N) is 1. The topological polar surface area (TPSA) is 53.3 Å². The van der Waals surface area contributed by atoms with Crippen molar-refractivity contribution in [1.82, 2.24) is 16.1 Å². The molecule has 1 radical (unpaired) electrons. The van der Waals surface area contributed by atoms with E-state index in [2.05, 4.69) is 10.9 Å². The van der Waals surface area contributed by atoms with Crippen LogP contribution < -0.4 is 16.7 Å². The van der Waals surface area contributed by atoms with Gasteiger partial charge < -0.3 is 0 Å². The van der Waals surface area contributed by atoms with Crippen molar-refractivity contribution in [3.63, 3.8) is 0 Å². The molecule has 0 atom stereocenters. The molecule has 5 heteroatoms. The van der Waals surface area contributed by atoms with Crippen molar-refractivity contribution in [3.05, 3.63) is 17.8 Å². The summed E-state index contributed by atoms with van der Waals surface area (Å²) < 4.78 is 0. The third kappa shape index (κ3) is 1.34. The van der Waals surface area contributed by atoms with E-state index in [-0.39, 0.29) is 0 Å². The largest absolute Gasteiger partial charge is 0.299 e. The van der Waals surface area contributed by atoms with E-state index in [1.165, 1.54) is 0 Å². The Morgan fingerprint density at radius 1 is 1.75 bits per heavy atom. The molecule has 0 amide bonds. The molecule has 1 aliphatic heterocycles. The first-order valence-corrected chi connectivity index (χ1v) is 2.43. The summed E-state index contributed by atoms with van der Waals surface area (Å²) in [5.41, 5.74) is 5.69. The van der Waals surface area contributed by atoms with Crippen LogP contribution in [0.25, 0.3) is 0 Å². The molecule has 0 unspecified atom stereocenters. The van der Waals surface area contributed by atoms with Gasteiger partial charge in [0.25, 0.3) is 0 Å². The fourth-order valence-electron chi connectivity index (χ4n) is 0.375. The van der Waals surface area contributed by atoms with Gasteiger partial charge in [0.1, 0.15) is 0 Å². The highest BCUT2D eigenvalue weighted by molar-refractivity contribution is 6.27. The number of nitrogens with two attached hydrogens (primary N) is 1. The quantitative estimate of drug-likeness (QED) is 0.306.